The average molecular weight is 365 g/mol. The molecule has 1 heterocycles. The number of rotatable bonds is 5. The van der Waals surface area contributed by atoms with E-state index in [2.05, 4.69) is 4.99 Å². The second kappa shape index (κ2) is 9.17. The first-order chi connectivity index (χ1) is 12.5. The molecule has 0 atom stereocenters. The Labute approximate surface area is 151 Å². The van der Waals surface area contributed by atoms with Crippen LogP contribution in [0.15, 0.2) is 15.5 Å². The summed E-state index contributed by atoms with van der Waals surface area (Å²) in [6.07, 6.45) is 4.84. The van der Waals surface area contributed by atoms with E-state index in [-0.39, 0.29) is 35.1 Å². The van der Waals surface area contributed by atoms with Crippen LogP contribution < -0.4 is 5.55 Å². The van der Waals surface area contributed by atoms with Crippen LogP contribution >= 0.6 is 0 Å². The lowest BCUT2D eigenvalue weighted by atomic mass is 9.96. The first-order valence-corrected chi connectivity index (χ1v) is 8.57. The first-order valence-electron chi connectivity index (χ1n) is 8.57. The summed E-state index contributed by atoms with van der Waals surface area (Å²) in [4.78, 5) is 41.0. The highest BCUT2D eigenvalue weighted by Crippen LogP contribution is 2.20. The summed E-state index contributed by atoms with van der Waals surface area (Å²) >= 11 is 0. The van der Waals surface area contributed by atoms with Gasteiger partial charge >= 0.3 is 17.9 Å². The Hall–Kier alpha value is -2.64. The van der Waals surface area contributed by atoms with E-state index in [0.29, 0.717) is 0 Å². The van der Waals surface area contributed by atoms with Gasteiger partial charge in [0, 0.05) is 6.07 Å². The standard InChI is InChI=1S/C18H23NO7/c1-4-25-17(21)13-10-12(16(20)23-2)14(18(22)24-3)15(26-13)19-11-8-6-5-7-9-11/h10-11H,4-9H2,1-3H3. The number of carbonyl (C=O) groups excluding carboxylic acids is 3. The smallest absolute Gasteiger partial charge is 0.374 e. The highest BCUT2D eigenvalue weighted by atomic mass is 16.5. The van der Waals surface area contributed by atoms with Gasteiger partial charge in [-0.3, -0.25) is 0 Å². The van der Waals surface area contributed by atoms with Crippen molar-refractivity contribution in [3.8, 4) is 0 Å². The first kappa shape index (κ1) is 19.7. The third-order valence-corrected chi connectivity index (χ3v) is 4.11. The van der Waals surface area contributed by atoms with E-state index in [1.165, 1.54) is 14.2 Å². The van der Waals surface area contributed by atoms with Gasteiger partial charge in [-0.05, 0) is 19.8 Å². The molecule has 1 saturated carbocycles. The lowest BCUT2D eigenvalue weighted by Gasteiger charge is -2.17. The molecule has 0 unspecified atom stereocenters. The Morgan fingerprint density at radius 2 is 1.73 bits per heavy atom. The fraction of sp³-hybridized carbons (Fsp3) is 0.556. The molecule has 8 nitrogen and oxygen atoms in total. The number of nitrogens with zero attached hydrogens (tertiary/aromatic N) is 1. The van der Waals surface area contributed by atoms with Crippen molar-refractivity contribution >= 4 is 17.9 Å². The number of hydrogen-bond acceptors (Lipinski definition) is 8. The number of ether oxygens (including phenoxy) is 3. The molecule has 1 fully saturated rings. The summed E-state index contributed by atoms with van der Waals surface area (Å²) in [5, 5.41) is 0. The van der Waals surface area contributed by atoms with Gasteiger partial charge in [-0.2, -0.15) is 0 Å². The lowest BCUT2D eigenvalue weighted by Crippen LogP contribution is -2.27. The molecule has 0 bridgehead atoms. The van der Waals surface area contributed by atoms with Crippen molar-refractivity contribution in [3.63, 3.8) is 0 Å². The number of esters is 3. The fourth-order valence-corrected chi connectivity index (χ4v) is 2.84. The average Bonchev–Trinajstić information content (AvgIpc) is 2.67. The Morgan fingerprint density at radius 1 is 1.08 bits per heavy atom. The van der Waals surface area contributed by atoms with Crippen molar-refractivity contribution in [2.45, 2.75) is 45.1 Å². The fourth-order valence-electron chi connectivity index (χ4n) is 2.84. The van der Waals surface area contributed by atoms with Crippen molar-refractivity contribution < 1.29 is 33.0 Å². The van der Waals surface area contributed by atoms with Crippen molar-refractivity contribution in [1.29, 1.82) is 0 Å². The molecule has 0 saturated heterocycles. The summed E-state index contributed by atoms with van der Waals surface area (Å²) in [5.41, 5.74) is -0.420. The van der Waals surface area contributed by atoms with Gasteiger partial charge < -0.3 is 18.6 Å². The third-order valence-electron chi connectivity index (χ3n) is 4.11. The zero-order valence-corrected chi connectivity index (χ0v) is 15.2. The predicted octanol–water partition coefficient (Wildman–Crippen LogP) is 2.26. The van der Waals surface area contributed by atoms with Gasteiger partial charge in [0.15, 0.2) is 0 Å². The summed E-state index contributed by atoms with van der Waals surface area (Å²) in [5.74, 6) is -2.57. The van der Waals surface area contributed by atoms with Crippen molar-refractivity contribution in [3.05, 3.63) is 28.5 Å². The summed E-state index contributed by atoms with van der Waals surface area (Å²) in [6, 6.07) is 1.06. The van der Waals surface area contributed by atoms with Crippen LogP contribution in [-0.2, 0) is 14.2 Å². The molecule has 26 heavy (non-hydrogen) atoms. The van der Waals surface area contributed by atoms with E-state index in [0.717, 1.165) is 38.2 Å². The maximum atomic E-state index is 12.3. The van der Waals surface area contributed by atoms with Gasteiger partial charge in [-0.25, -0.2) is 19.4 Å². The van der Waals surface area contributed by atoms with Crippen LogP contribution in [0.3, 0.4) is 0 Å². The predicted molar refractivity (Wildman–Crippen MR) is 89.8 cm³/mol. The Morgan fingerprint density at radius 3 is 2.31 bits per heavy atom. The van der Waals surface area contributed by atoms with Crippen molar-refractivity contribution in [2.24, 2.45) is 4.99 Å². The minimum Gasteiger partial charge on any atom is -0.465 e. The van der Waals surface area contributed by atoms with Crippen LogP contribution in [0.4, 0.5) is 0 Å². The summed E-state index contributed by atoms with van der Waals surface area (Å²) in [6.45, 7) is 1.78. The van der Waals surface area contributed by atoms with Gasteiger partial charge in [0.05, 0.1) is 32.4 Å². The monoisotopic (exact) mass is 365 g/mol. The maximum Gasteiger partial charge on any atom is 0.374 e. The molecule has 1 aliphatic rings. The molecule has 0 amide bonds. The van der Waals surface area contributed by atoms with E-state index >= 15 is 0 Å². The molecule has 0 radical (unpaired) electrons. The van der Waals surface area contributed by atoms with Gasteiger partial charge in [0.2, 0.25) is 11.3 Å². The molecule has 1 aromatic heterocycles. The molecule has 1 aliphatic carbocycles. The van der Waals surface area contributed by atoms with Crippen molar-refractivity contribution in [1.82, 2.24) is 0 Å². The normalized spacial score (nSPS) is 15.4. The van der Waals surface area contributed by atoms with Crippen LogP contribution in [-0.4, -0.2) is 44.8 Å². The van der Waals surface area contributed by atoms with Crippen molar-refractivity contribution in [2.75, 3.05) is 20.8 Å². The Balaban J connectivity index is 2.68. The van der Waals surface area contributed by atoms with Crippen LogP contribution in [0.5, 0.6) is 0 Å². The molecule has 0 spiro atoms. The molecule has 8 heteroatoms. The Kier molecular flexibility index (Phi) is 6.94. The molecule has 2 rings (SSSR count). The molecule has 142 valence electrons. The van der Waals surface area contributed by atoms with Crippen LogP contribution in [0, 0.1) is 0 Å². The van der Waals surface area contributed by atoms with E-state index in [4.69, 9.17) is 18.6 Å². The second-order valence-corrected chi connectivity index (χ2v) is 5.83. The summed E-state index contributed by atoms with van der Waals surface area (Å²) in [7, 11) is 2.36. The molecular weight excluding hydrogens is 342 g/mol. The second-order valence-electron chi connectivity index (χ2n) is 5.83. The zero-order valence-electron chi connectivity index (χ0n) is 15.2. The SMILES string of the molecule is CCOC(=O)c1cc(C(=O)OC)c(C(=O)OC)c(=NC2CCCCC2)o1. The van der Waals surface area contributed by atoms with Crippen LogP contribution in [0.25, 0.3) is 0 Å². The quantitative estimate of drug-likeness (QED) is 0.582. The largest absolute Gasteiger partial charge is 0.465 e. The van der Waals surface area contributed by atoms with E-state index in [1.54, 1.807) is 6.92 Å². The van der Waals surface area contributed by atoms with Gasteiger partial charge in [-0.15, -0.1) is 0 Å². The zero-order chi connectivity index (χ0) is 19.1. The topological polar surface area (TPSA) is 104 Å². The number of hydrogen-bond donors (Lipinski definition) is 0. The third kappa shape index (κ3) is 4.50. The van der Waals surface area contributed by atoms with E-state index in [1.807, 2.05) is 0 Å². The number of methoxy groups -OCH3 is 2. The lowest BCUT2D eigenvalue weighted by molar-refractivity contribution is 0.0473. The van der Waals surface area contributed by atoms with E-state index < -0.39 is 17.9 Å². The number of carbonyl (C=O) groups is 3. The molecule has 0 aliphatic heterocycles. The molecular formula is C18H23NO7. The highest BCUT2D eigenvalue weighted by Gasteiger charge is 2.27. The minimum atomic E-state index is -0.799. The Bertz CT molecular complexity index is 744. The summed E-state index contributed by atoms with van der Waals surface area (Å²) < 4.78 is 20.0. The molecule has 0 aromatic carbocycles. The van der Waals surface area contributed by atoms with Gasteiger partial charge in [0.25, 0.3) is 0 Å². The van der Waals surface area contributed by atoms with Gasteiger partial charge in [0.1, 0.15) is 5.56 Å². The maximum absolute atomic E-state index is 12.3. The molecule has 1 aromatic rings. The van der Waals surface area contributed by atoms with Crippen LogP contribution in [0.2, 0.25) is 0 Å². The molecule has 0 N–H and O–H groups in total. The highest BCUT2D eigenvalue weighted by molar-refractivity contribution is 6.03. The van der Waals surface area contributed by atoms with Crippen LogP contribution in [0.1, 0.15) is 70.3 Å². The minimum absolute atomic E-state index is 0.0566. The van der Waals surface area contributed by atoms with Gasteiger partial charge in [-0.1, -0.05) is 19.3 Å². The van der Waals surface area contributed by atoms with E-state index in [9.17, 15) is 14.4 Å².